The maximum Gasteiger partial charge on any atom is 0.243 e. The van der Waals surface area contributed by atoms with Crippen LogP contribution in [-0.2, 0) is 17.1 Å². The molecular weight excluding hydrogens is 228 g/mol. The van der Waals surface area contributed by atoms with E-state index in [0.717, 1.165) is 0 Å². The van der Waals surface area contributed by atoms with Gasteiger partial charge in [-0.15, -0.1) is 0 Å². The van der Waals surface area contributed by atoms with Crippen molar-refractivity contribution < 1.29 is 8.42 Å². The van der Waals surface area contributed by atoms with E-state index in [2.05, 4.69) is 9.82 Å². The second-order valence-electron chi connectivity index (χ2n) is 4.09. The first kappa shape index (κ1) is 13.1. The minimum absolute atomic E-state index is 0.0356. The molecule has 7 heteroatoms. The minimum Gasteiger partial charge on any atom is -0.328 e. The Hall–Kier alpha value is -0.920. The van der Waals surface area contributed by atoms with Crippen LogP contribution in [0.1, 0.15) is 20.3 Å². The molecule has 0 aliphatic rings. The Morgan fingerprint density at radius 3 is 2.62 bits per heavy atom. The molecule has 0 saturated carbocycles. The Bertz CT molecular complexity index is 438. The molecule has 0 spiro atoms. The van der Waals surface area contributed by atoms with Gasteiger partial charge in [-0.05, 0) is 20.3 Å². The zero-order valence-corrected chi connectivity index (χ0v) is 10.5. The van der Waals surface area contributed by atoms with Crippen LogP contribution in [0.3, 0.4) is 0 Å². The Labute approximate surface area is 95.9 Å². The van der Waals surface area contributed by atoms with E-state index in [1.54, 1.807) is 14.0 Å². The number of hydrogen-bond donors (Lipinski definition) is 2. The van der Waals surface area contributed by atoms with E-state index in [0.29, 0.717) is 6.42 Å². The number of nitrogens with zero attached hydrogens (tertiary/aromatic N) is 2. The quantitative estimate of drug-likeness (QED) is 0.754. The molecule has 0 saturated heterocycles. The van der Waals surface area contributed by atoms with E-state index >= 15 is 0 Å². The zero-order valence-electron chi connectivity index (χ0n) is 9.71. The molecule has 0 amide bonds. The van der Waals surface area contributed by atoms with Crippen LogP contribution in [0, 0.1) is 0 Å². The number of nitrogens with one attached hydrogen (secondary N) is 1. The molecular formula is C9H18N4O2S. The third-order valence-corrected chi connectivity index (χ3v) is 3.62. The summed E-state index contributed by atoms with van der Waals surface area (Å²) in [5, 5.41) is 3.82. The molecule has 0 aliphatic carbocycles. The van der Waals surface area contributed by atoms with Crippen LogP contribution >= 0.6 is 0 Å². The molecule has 2 atom stereocenters. The monoisotopic (exact) mass is 246 g/mol. The molecule has 3 N–H and O–H groups in total. The maximum atomic E-state index is 11.8. The summed E-state index contributed by atoms with van der Waals surface area (Å²) in [6.45, 7) is 3.63. The first-order chi connectivity index (χ1) is 7.31. The van der Waals surface area contributed by atoms with Crippen LogP contribution in [-0.4, -0.2) is 30.3 Å². The summed E-state index contributed by atoms with van der Waals surface area (Å²) >= 11 is 0. The molecule has 1 aromatic heterocycles. The molecule has 1 rings (SSSR count). The summed E-state index contributed by atoms with van der Waals surface area (Å²) in [6, 6.07) is -0.225. The lowest BCUT2D eigenvalue weighted by atomic mass is 10.1. The third-order valence-electron chi connectivity index (χ3n) is 2.07. The summed E-state index contributed by atoms with van der Waals surface area (Å²) in [7, 11) is -1.80. The van der Waals surface area contributed by atoms with Gasteiger partial charge >= 0.3 is 0 Å². The highest BCUT2D eigenvalue weighted by molar-refractivity contribution is 7.89. The first-order valence-corrected chi connectivity index (χ1v) is 6.56. The van der Waals surface area contributed by atoms with Crippen molar-refractivity contribution in [1.82, 2.24) is 14.5 Å². The summed E-state index contributed by atoms with van der Waals surface area (Å²) in [4.78, 5) is 0.173. The molecule has 16 heavy (non-hydrogen) atoms. The van der Waals surface area contributed by atoms with Crippen molar-refractivity contribution in [2.24, 2.45) is 12.8 Å². The van der Waals surface area contributed by atoms with Crippen molar-refractivity contribution in [2.45, 2.75) is 37.2 Å². The summed E-state index contributed by atoms with van der Waals surface area (Å²) in [5.74, 6) is 0. The van der Waals surface area contributed by atoms with Gasteiger partial charge in [0.15, 0.2) is 0 Å². The predicted octanol–water partition coefficient (Wildman–Crippen LogP) is -0.176. The van der Waals surface area contributed by atoms with Gasteiger partial charge in [0, 0.05) is 25.3 Å². The van der Waals surface area contributed by atoms with E-state index in [1.165, 1.54) is 17.1 Å². The second-order valence-corrected chi connectivity index (χ2v) is 5.80. The third kappa shape index (κ3) is 3.58. The average Bonchev–Trinajstić information content (AvgIpc) is 2.49. The standard InChI is InChI=1S/C9H18N4O2S/c1-7(10)4-8(2)12-16(14,15)9-5-11-13(3)6-9/h5-8,12H,4,10H2,1-3H3. The van der Waals surface area contributed by atoms with Gasteiger partial charge in [0.2, 0.25) is 10.0 Å². The van der Waals surface area contributed by atoms with Gasteiger partial charge < -0.3 is 5.73 Å². The van der Waals surface area contributed by atoms with E-state index < -0.39 is 10.0 Å². The fourth-order valence-electron chi connectivity index (χ4n) is 1.48. The number of aromatic nitrogens is 2. The average molecular weight is 246 g/mol. The molecule has 6 nitrogen and oxygen atoms in total. The van der Waals surface area contributed by atoms with E-state index in [9.17, 15) is 8.42 Å². The smallest absolute Gasteiger partial charge is 0.243 e. The van der Waals surface area contributed by atoms with Gasteiger partial charge in [-0.3, -0.25) is 4.68 Å². The lowest BCUT2D eigenvalue weighted by molar-refractivity contribution is 0.519. The van der Waals surface area contributed by atoms with Crippen LogP contribution in [0.4, 0.5) is 0 Å². The van der Waals surface area contributed by atoms with Gasteiger partial charge in [-0.25, -0.2) is 13.1 Å². The number of rotatable bonds is 5. The van der Waals surface area contributed by atoms with Crippen LogP contribution in [0.5, 0.6) is 0 Å². The van der Waals surface area contributed by atoms with Crippen LogP contribution in [0.15, 0.2) is 17.3 Å². The summed E-state index contributed by atoms with van der Waals surface area (Å²) in [6.07, 6.45) is 3.38. The molecule has 0 radical (unpaired) electrons. The minimum atomic E-state index is -3.47. The molecule has 0 bridgehead atoms. The molecule has 1 heterocycles. The van der Waals surface area contributed by atoms with Crippen molar-refractivity contribution >= 4 is 10.0 Å². The topological polar surface area (TPSA) is 90.0 Å². The lowest BCUT2D eigenvalue weighted by Gasteiger charge is -2.15. The van der Waals surface area contributed by atoms with Crippen molar-refractivity contribution in [3.8, 4) is 0 Å². The zero-order chi connectivity index (χ0) is 12.3. The normalized spacial score (nSPS) is 16.0. The Balaban J connectivity index is 2.73. The van der Waals surface area contributed by atoms with Crippen molar-refractivity contribution in [1.29, 1.82) is 0 Å². The van der Waals surface area contributed by atoms with Gasteiger partial charge in [0.1, 0.15) is 4.90 Å². The Kier molecular flexibility index (Phi) is 4.06. The molecule has 1 aromatic rings. The molecule has 0 aromatic carbocycles. The number of hydrogen-bond acceptors (Lipinski definition) is 4. The van der Waals surface area contributed by atoms with Gasteiger partial charge in [0.05, 0.1) is 6.20 Å². The van der Waals surface area contributed by atoms with Crippen molar-refractivity contribution in [3.05, 3.63) is 12.4 Å². The van der Waals surface area contributed by atoms with Gasteiger partial charge in [-0.2, -0.15) is 5.10 Å². The highest BCUT2D eigenvalue weighted by Gasteiger charge is 2.19. The van der Waals surface area contributed by atoms with E-state index in [-0.39, 0.29) is 17.0 Å². The number of sulfonamides is 1. The SMILES string of the molecule is CC(N)CC(C)NS(=O)(=O)c1cnn(C)c1. The van der Waals surface area contributed by atoms with Gasteiger partial charge in [0.25, 0.3) is 0 Å². The molecule has 2 unspecified atom stereocenters. The van der Waals surface area contributed by atoms with Crippen molar-refractivity contribution in [3.63, 3.8) is 0 Å². The molecule has 0 fully saturated rings. The summed E-state index contributed by atoms with van der Waals surface area (Å²) < 4.78 is 27.7. The molecule has 92 valence electrons. The largest absolute Gasteiger partial charge is 0.328 e. The first-order valence-electron chi connectivity index (χ1n) is 5.08. The summed E-state index contributed by atoms with van der Waals surface area (Å²) in [5.41, 5.74) is 5.60. The second kappa shape index (κ2) is 4.94. The van der Waals surface area contributed by atoms with E-state index in [1.807, 2.05) is 6.92 Å². The van der Waals surface area contributed by atoms with Crippen LogP contribution in [0.25, 0.3) is 0 Å². The van der Waals surface area contributed by atoms with Crippen LogP contribution < -0.4 is 10.5 Å². The highest BCUT2D eigenvalue weighted by Crippen LogP contribution is 2.08. The maximum absolute atomic E-state index is 11.8. The van der Waals surface area contributed by atoms with Gasteiger partial charge in [-0.1, -0.05) is 0 Å². The Morgan fingerprint density at radius 2 is 2.19 bits per heavy atom. The fraction of sp³-hybridized carbons (Fsp3) is 0.667. The Morgan fingerprint density at radius 1 is 1.56 bits per heavy atom. The fourth-order valence-corrected chi connectivity index (χ4v) is 2.72. The number of nitrogens with two attached hydrogens (primary N) is 1. The highest BCUT2D eigenvalue weighted by atomic mass is 32.2. The molecule has 0 aliphatic heterocycles. The number of aryl methyl sites for hydroxylation is 1. The predicted molar refractivity (Wildman–Crippen MR) is 61.3 cm³/mol. The van der Waals surface area contributed by atoms with Crippen molar-refractivity contribution in [2.75, 3.05) is 0 Å². The van der Waals surface area contributed by atoms with E-state index in [4.69, 9.17) is 5.73 Å². The lowest BCUT2D eigenvalue weighted by Crippen LogP contribution is -2.36. The van der Waals surface area contributed by atoms with Crippen LogP contribution in [0.2, 0.25) is 0 Å².